The fraction of sp³-hybridized carbons (Fsp3) is 0.400. The summed E-state index contributed by atoms with van der Waals surface area (Å²) in [7, 11) is 1.90. The van der Waals surface area contributed by atoms with Gasteiger partial charge in [0.05, 0.1) is 12.4 Å². The van der Waals surface area contributed by atoms with Crippen LogP contribution in [0.3, 0.4) is 0 Å². The summed E-state index contributed by atoms with van der Waals surface area (Å²) in [5.74, 6) is 0.510. The van der Waals surface area contributed by atoms with Gasteiger partial charge >= 0.3 is 0 Å². The summed E-state index contributed by atoms with van der Waals surface area (Å²) >= 11 is 0. The number of nitrogens with two attached hydrogens (primary N) is 1. The number of nitriles is 1. The molecule has 1 saturated heterocycles. The molecule has 0 unspecified atom stereocenters. The second-order valence-corrected chi connectivity index (χ2v) is 8.70. The summed E-state index contributed by atoms with van der Waals surface area (Å²) in [6.07, 6.45) is 9.08. The van der Waals surface area contributed by atoms with Gasteiger partial charge in [0.25, 0.3) is 0 Å². The number of rotatable bonds is 8. The van der Waals surface area contributed by atoms with E-state index in [9.17, 15) is 9.59 Å². The van der Waals surface area contributed by atoms with Crippen LogP contribution in [0.1, 0.15) is 48.2 Å². The molecule has 2 N–H and O–H groups in total. The lowest BCUT2D eigenvalue weighted by molar-refractivity contribution is -0.132. The van der Waals surface area contributed by atoms with Crippen molar-refractivity contribution in [3.63, 3.8) is 0 Å². The SMILES string of the molecule is CN(C(=O)CCCCn1ccc2ccc(C(N)=O)cc21)C1CCN(c2cnc(C#N)cn2)CC1. The highest BCUT2D eigenvalue weighted by Gasteiger charge is 2.25. The quantitative estimate of drug-likeness (QED) is 0.517. The van der Waals surface area contributed by atoms with E-state index in [-0.39, 0.29) is 11.9 Å². The number of amides is 2. The van der Waals surface area contributed by atoms with E-state index in [0.29, 0.717) is 17.7 Å². The first-order valence-electron chi connectivity index (χ1n) is 11.6. The molecule has 9 heteroatoms. The third-order valence-electron chi connectivity index (χ3n) is 6.58. The van der Waals surface area contributed by atoms with E-state index < -0.39 is 5.91 Å². The third kappa shape index (κ3) is 5.17. The van der Waals surface area contributed by atoms with E-state index in [1.54, 1.807) is 12.3 Å². The smallest absolute Gasteiger partial charge is 0.248 e. The Bertz CT molecular complexity index is 1200. The van der Waals surface area contributed by atoms with Gasteiger partial charge in [0.15, 0.2) is 5.69 Å². The molecule has 34 heavy (non-hydrogen) atoms. The Morgan fingerprint density at radius 2 is 1.97 bits per heavy atom. The van der Waals surface area contributed by atoms with Gasteiger partial charge in [0, 0.05) is 56.4 Å². The van der Waals surface area contributed by atoms with Crippen molar-refractivity contribution >= 4 is 28.5 Å². The van der Waals surface area contributed by atoms with Crippen LogP contribution in [0.5, 0.6) is 0 Å². The van der Waals surface area contributed by atoms with E-state index in [4.69, 9.17) is 11.0 Å². The molecule has 0 aliphatic carbocycles. The number of carbonyl (C=O) groups is 2. The molecule has 0 bridgehead atoms. The van der Waals surface area contributed by atoms with E-state index >= 15 is 0 Å². The second kappa shape index (κ2) is 10.3. The number of carbonyl (C=O) groups excluding carboxylic acids is 2. The van der Waals surface area contributed by atoms with Crippen LogP contribution in [-0.2, 0) is 11.3 Å². The molecular formula is C25H29N7O2. The highest BCUT2D eigenvalue weighted by molar-refractivity contribution is 5.97. The Balaban J connectivity index is 1.22. The van der Waals surface area contributed by atoms with E-state index in [0.717, 1.165) is 62.0 Å². The highest BCUT2D eigenvalue weighted by Crippen LogP contribution is 2.22. The maximum absolute atomic E-state index is 12.8. The Hall–Kier alpha value is -3.93. The molecule has 3 heterocycles. The van der Waals surface area contributed by atoms with Gasteiger partial charge in [-0.1, -0.05) is 6.07 Å². The number of anilines is 1. The third-order valence-corrected chi connectivity index (χ3v) is 6.58. The Morgan fingerprint density at radius 3 is 2.65 bits per heavy atom. The average molecular weight is 460 g/mol. The minimum atomic E-state index is -0.432. The molecule has 2 amide bonds. The van der Waals surface area contributed by atoms with Crippen molar-refractivity contribution in [2.45, 2.75) is 44.7 Å². The van der Waals surface area contributed by atoms with Crippen LogP contribution in [0.25, 0.3) is 10.9 Å². The van der Waals surface area contributed by atoms with Crippen LogP contribution in [-0.4, -0.2) is 57.4 Å². The van der Waals surface area contributed by atoms with E-state index in [1.165, 1.54) is 6.20 Å². The molecule has 0 radical (unpaired) electrons. The first-order valence-corrected chi connectivity index (χ1v) is 11.6. The Kier molecular flexibility index (Phi) is 7.07. The lowest BCUT2D eigenvalue weighted by Crippen LogP contribution is -2.45. The second-order valence-electron chi connectivity index (χ2n) is 8.70. The summed E-state index contributed by atoms with van der Waals surface area (Å²) in [5.41, 5.74) is 7.20. The van der Waals surface area contributed by atoms with Crippen molar-refractivity contribution in [1.29, 1.82) is 5.26 Å². The van der Waals surface area contributed by atoms with Crippen LogP contribution in [0.4, 0.5) is 5.82 Å². The number of unbranched alkanes of at least 4 members (excludes halogenated alkanes) is 1. The zero-order chi connectivity index (χ0) is 24.1. The van der Waals surface area contributed by atoms with Gasteiger partial charge in [-0.15, -0.1) is 0 Å². The number of fused-ring (bicyclic) bond motifs is 1. The fourth-order valence-electron chi connectivity index (χ4n) is 4.50. The van der Waals surface area contributed by atoms with Crippen LogP contribution in [0.2, 0.25) is 0 Å². The Labute approximate surface area is 198 Å². The predicted octanol–water partition coefficient (Wildman–Crippen LogP) is 2.70. The molecule has 176 valence electrons. The lowest BCUT2D eigenvalue weighted by atomic mass is 10.0. The fourth-order valence-corrected chi connectivity index (χ4v) is 4.50. The maximum atomic E-state index is 12.8. The van der Waals surface area contributed by atoms with Crippen LogP contribution >= 0.6 is 0 Å². The number of piperidine rings is 1. The summed E-state index contributed by atoms with van der Waals surface area (Å²) < 4.78 is 2.11. The van der Waals surface area contributed by atoms with Gasteiger partial charge in [-0.05, 0) is 49.3 Å². The summed E-state index contributed by atoms with van der Waals surface area (Å²) in [5, 5.41) is 9.93. The average Bonchev–Trinajstić information content (AvgIpc) is 3.28. The highest BCUT2D eigenvalue weighted by atomic mass is 16.2. The summed E-state index contributed by atoms with van der Waals surface area (Å²) in [6, 6.07) is 9.69. The van der Waals surface area contributed by atoms with E-state index in [1.807, 2.05) is 42.4 Å². The number of hydrogen-bond acceptors (Lipinski definition) is 6. The zero-order valence-corrected chi connectivity index (χ0v) is 19.4. The van der Waals surface area contributed by atoms with Crippen molar-refractivity contribution in [3.05, 3.63) is 54.1 Å². The number of aryl methyl sites for hydroxylation is 1. The number of primary amides is 1. The van der Waals surface area contributed by atoms with Crippen LogP contribution in [0.15, 0.2) is 42.9 Å². The molecule has 0 saturated carbocycles. The van der Waals surface area contributed by atoms with Crippen LogP contribution < -0.4 is 10.6 Å². The van der Waals surface area contributed by atoms with Gasteiger partial charge in [0.1, 0.15) is 11.9 Å². The molecule has 2 aromatic heterocycles. The topological polar surface area (TPSA) is 121 Å². The number of benzene rings is 1. The largest absolute Gasteiger partial charge is 0.366 e. The standard InChI is InChI=1S/C25H29N7O2/c1-30(21-8-12-32(13-9-21)23-17-28-20(15-26)16-29-23)24(33)4-2-3-10-31-11-7-18-5-6-19(25(27)34)14-22(18)31/h5-7,11,14,16-17,21H,2-4,8-10,12-13H2,1H3,(H2,27,34). The van der Waals surface area contributed by atoms with Crippen molar-refractivity contribution in [3.8, 4) is 6.07 Å². The van der Waals surface area contributed by atoms with Crippen LogP contribution in [0, 0.1) is 11.3 Å². The van der Waals surface area contributed by atoms with Gasteiger partial charge in [-0.3, -0.25) is 9.59 Å². The van der Waals surface area contributed by atoms with E-state index in [2.05, 4.69) is 19.4 Å². The van der Waals surface area contributed by atoms with Gasteiger partial charge in [0.2, 0.25) is 11.8 Å². The molecule has 4 rings (SSSR count). The molecule has 1 aliphatic rings. The molecule has 1 aliphatic heterocycles. The minimum absolute atomic E-state index is 0.171. The number of hydrogen-bond donors (Lipinski definition) is 1. The molecule has 3 aromatic rings. The molecule has 1 aromatic carbocycles. The van der Waals surface area contributed by atoms with Gasteiger partial charge in [-0.2, -0.15) is 5.26 Å². The van der Waals surface area contributed by atoms with Crippen molar-refractivity contribution in [2.75, 3.05) is 25.0 Å². The first-order chi connectivity index (χ1) is 16.5. The van der Waals surface area contributed by atoms with Gasteiger partial charge < -0.3 is 20.1 Å². The molecule has 0 atom stereocenters. The molecule has 9 nitrogen and oxygen atoms in total. The minimum Gasteiger partial charge on any atom is -0.366 e. The van der Waals surface area contributed by atoms with Crippen molar-refractivity contribution < 1.29 is 9.59 Å². The summed E-state index contributed by atoms with van der Waals surface area (Å²) in [6.45, 7) is 2.39. The predicted molar refractivity (Wildman–Crippen MR) is 129 cm³/mol. The molecule has 1 fully saturated rings. The monoisotopic (exact) mass is 459 g/mol. The number of nitrogens with zero attached hydrogens (tertiary/aromatic N) is 6. The molecular weight excluding hydrogens is 430 g/mol. The normalized spacial score (nSPS) is 14.2. The zero-order valence-electron chi connectivity index (χ0n) is 19.4. The van der Waals surface area contributed by atoms with Gasteiger partial charge in [-0.25, -0.2) is 9.97 Å². The molecule has 0 spiro atoms. The number of aromatic nitrogens is 3. The lowest BCUT2D eigenvalue weighted by Gasteiger charge is -2.37. The van der Waals surface area contributed by atoms with Crippen molar-refractivity contribution in [2.24, 2.45) is 5.73 Å². The first kappa shape index (κ1) is 23.2. The van der Waals surface area contributed by atoms with Crippen molar-refractivity contribution in [1.82, 2.24) is 19.4 Å². The summed E-state index contributed by atoms with van der Waals surface area (Å²) in [4.78, 5) is 36.7. The maximum Gasteiger partial charge on any atom is 0.248 e. The Morgan fingerprint density at radius 1 is 1.18 bits per heavy atom.